The summed E-state index contributed by atoms with van der Waals surface area (Å²) in [5.41, 5.74) is 1.05. The molecule has 1 aliphatic heterocycles. The van der Waals surface area contributed by atoms with Gasteiger partial charge >= 0.3 is 0 Å². The first-order chi connectivity index (χ1) is 12.5. The van der Waals surface area contributed by atoms with E-state index >= 15 is 0 Å². The zero-order valence-corrected chi connectivity index (χ0v) is 19.3. The minimum atomic E-state index is -3.35. The van der Waals surface area contributed by atoms with Crippen molar-refractivity contribution in [2.75, 3.05) is 32.5 Å². The third-order valence-corrected chi connectivity index (χ3v) is 5.67. The molecule has 0 amide bonds. The van der Waals surface area contributed by atoms with Gasteiger partial charge in [0.2, 0.25) is 10.0 Å². The highest BCUT2D eigenvalue weighted by Crippen LogP contribution is 2.12. The van der Waals surface area contributed by atoms with Gasteiger partial charge in [0.1, 0.15) is 0 Å². The molecular weight excluding hydrogens is 503 g/mol. The molecule has 0 bridgehead atoms. The Kier molecular flexibility index (Phi) is 11.5. The number of nitrogens with zero attached hydrogens (tertiary/aromatic N) is 1. The lowest BCUT2D eigenvalue weighted by atomic mass is 10.1. The van der Waals surface area contributed by atoms with Crippen molar-refractivity contribution in [2.45, 2.75) is 31.9 Å². The van der Waals surface area contributed by atoms with Crippen LogP contribution in [0.1, 0.15) is 24.8 Å². The van der Waals surface area contributed by atoms with Gasteiger partial charge in [0, 0.05) is 38.3 Å². The van der Waals surface area contributed by atoms with Gasteiger partial charge in [-0.25, -0.2) is 13.1 Å². The molecule has 7 nitrogen and oxygen atoms in total. The molecule has 0 radical (unpaired) electrons. The van der Waals surface area contributed by atoms with E-state index in [2.05, 4.69) is 20.3 Å². The van der Waals surface area contributed by atoms with E-state index in [0.717, 1.165) is 24.8 Å². The molecule has 27 heavy (non-hydrogen) atoms. The summed E-state index contributed by atoms with van der Waals surface area (Å²) in [6.07, 6.45) is 3.03. The second kappa shape index (κ2) is 12.8. The average Bonchev–Trinajstić information content (AvgIpc) is 2.65. The fourth-order valence-corrected chi connectivity index (χ4v) is 3.65. The van der Waals surface area contributed by atoms with Gasteiger partial charge in [-0.3, -0.25) is 4.99 Å². The summed E-state index contributed by atoms with van der Waals surface area (Å²) < 4.78 is 32.3. The van der Waals surface area contributed by atoms with Crippen LogP contribution in [0, 0.1) is 0 Å². The number of sulfonamides is 1. The Balaban J connectivity index is 0.00000364. The number of rotatable bonds is 8. The standard InChI is InChI=1S/C17H27ClN4O3S.HI/c1-19-17(21-12-14-5-7-15(18)8-6-14)20-9-11-26(23,24)22-13-16-4-2-3-10-25-16;/h5-8,16,22H,2-4,9-13H2,1H3,(H2,19,20,21);1H. The van der Waals surface area contributed by atoms with Gasteiger partial charge in [-0.2, -0.15) is 0 Å². The van der Waals surface area contributed by atoms with Crippen molar-refractivity contribution in [3.05, 3.63) is 34.9 Å². The van der Waals surface area contributed by atoms with Crippen LogP contribution in [0.25, 0.3) is 0 Å². The van der Waals surface area contributed by atoms with Crippen LogP contribution in [0.4, 0.5) is 0 Å². The zero-order chi connectivity index (χ0) is 18.8. The molecule has 1 aromatic rings. The number of hydrogen-bond donors (Lipinski definition) is 3. The first-order valence-corrected chi connectivity index (χ1v) is 10.8. The Morgan fingerprint density at radius 1 is 1.26 bits per heavy atom. The van der Waals surface area contributed by atoms with Crippen molar-refractivity contribution >= 4 is 51.6 Å². The van der Waals surface area contributed by atoms with Gasteiger partial charge < -0.3 is 15.4 Å². The SMILES string of the molecule is CN=C(NCCS(=O)(=O)NCC1CCCCO1)NCc1ccc(Cl)cc1.I. The van der Waals surface area contributed by atoms with Crippen molar-refractivity contribution in [3.8, 4) is 0 Å². The van der Waals surface area contributed by atoms with Gasteiger partial charge in [-0.05, 0) is 37.0 Å². The van der Waals surface area contributed by atoms with E-state index in [0.29, 0.717) is 30.7 Å². The predicted octanol–water partition coefficient (Wildman–Crippen LogP) is 2.11. The van der Waals surface area contributed by atoms with Crippen LogP contribution >= 0.6 is 35.6 Å². The number of aliphatic imine (C=N–C) groups is 1. The summed E-state index contributed by atoms with van der Waals surface area (Å²) in [5, 5.41) is 6.83. The van der Waals surface area contributed by atoms with Crippen molar-refractivity contribution < 1.29 is 13.2 Å². The summed E-state index contributed by atoms with van der Waals surface area (Å²) in [4.78, 5) is 4.09. The lowest BCUT2D eigenvalue weighted by Gasteiger charge is -2.22. The lowest BCUT2D eigenvalue weighted by Crippen LogP contribution is -2.42. The molecule has 1 unspecified atom stereocenters. The summed E-state index contributed by atoms with van der Waals surface area (Å²) in [7, 11) is -1.70. The molecule has 10 heteroatoms. The third-order valence-electron chi connectivity index (χ3n) is 4.06. The highest BCUT2D eigenvalue weighted by atomic mass is 127. The van der Waals surface area contributed by atoms with Crippen molar-refractivity contribution in [3.63, 3.8) is 0 Å². The summed E-state index contributed by atoms with van der Waals surface area (Å²) in [6.45, 7) is 1.89. The molecule has 154 valence electrons. The molecule has 1 aliphatic rings. The second-order valence-electron chi connectivity index (χ2n) is 6.13. The average molecular weight is 531 g/mol. The lowest BCUT2D eigenvalue weighted by molar-refractivity contribution is 0.0200. The van der Waals surface area contributed by atoms with Gasteiger partial charge in [0.25, 0.3) is 0 Å². The van der Waals surface area contributed by atoms with Crippen LogP contribution in [0.3, 0.4) is 0 Å². The molecular formula is C17H28ClIN4O3S. The molecule has 0 saturated carbocycles. The largest absolute Gasteiger partial charge is 0.377 e. The highest BCUT2D eigenvalue weighted by molar-refractivity contribution is 14.0. The monoisotopic (exact) mass is 530 g/mol. The number of guanidine groups is 1. The Morgan fingerprint density at radius 2 is 2.00 bits per heavy atom. The van der Waals surface area contributed by atoms with Gasteiger partial charge in [0.15, 0.2) is 5.96 Å². The van der Waals surface area contributed by atoms with Crippen LogP contribution in [0.15, 0.2) is 29.3 Å². The summed E-state index contributed by atoms with van der Waals surface area (Å²) in [6, 6.07) is 7.49. The topological polar surface area (TPSA) is 91.8 Å². The number of hydrogen-bond acceptors (Lipinski definition) is 4. The van der Waals surface area contributed by atoms with Crippen LogP contribution < -0.4 is 15.4 Å². The molecule has 1 fully saturated rings. The quantitative estimate of drug-likeness (QED) is 0.272. The van der Waals surface area contributed by atoms with Crippen molar-refractivity contribution in [2.24, 2.45) is 4.99 Å². The van der Waals surface area contributed by atoms with Crippen molar-refractivity contribution in [1.29, 1.82) is 0 Å². The maximum absolute atomic E-state index is 12.1. The molecule has 1 saturated heterocycles. The number of nitrogens with one attached hydrogen (secondary N) is 3. The first kappa shape index (κ1) is 24.4. The van der Waals surface area contributed by atoms with Crippen LogP contribution in [0.2, 0.25) is 5.02 Å². The maximum Gasteiger partial charge on any atom is 0.213 e. The maximum atomic E-state index is 12.1. The van der Waals surface area contributed by atoms with Crippen LogP contribution in [0.5, 0.6) is 0 Å². The third kappa shape index (κ3) is 9.93. The molecule has 1 aromatic carbocycles. The number of benzene rings is 1. The summed E-state index contributed by atoms with van der Waals surface area (Å²) >= 11 is 5.86. The smallest absolute Gasteiger partial charge is 0.213 e. The molecule has 3 N–H and O–H groups in total. The molecule has 0 aromatic heterocycles. The fourth-order valence-electron chi connectivity index (χ4n) is 2.57. The number of halogens is 2. The second-order valence-corrected chi connectivity index (χ2v) is 8.50. The number of ether oxygens (including phenoxy) is 1. The van der Waals surface area contributed by atoms with E-state index < -0.39 is 10.0 Å². The van der Waals surface area contributed by atoms with E-state index in [1.54, 1.807) is 7.05 Å². The molecule has 1 atom stereocenters. The first-order valence-electron chi connectivity index (χ1n) is 8.76. The Bertz CT molecular complexity index is 680. The normalized spacial score (nSPS) is 17.9. The predicted molar refractivity (Wildman–Crippen MR) is 120 cm³/mol. The summed E-state index contributed by atoms with van der Waals surface area (Å²) in [5.74, 6) is 0.521. The fraction of sp³-hybridized carbons (Fsp3) is 0.588. The van der Waals surface area contributed by atoms with Gasteiger partial charge in [-0.1, -0.05) is 23.7 Å². The van der Waals surface area contributed by atoms with E-state index in [1.165, 1.54) is 0 Å². The van der Waals surface area contributed by atoms with E-state index in [1.807, 2.05) is 24.3 Å². The highest BCUT2D eigenvalue weighted by Gasteiger charge is 2.17. The van der Waals surface area contributed by atoms with Gasteiger partial charge in [-0.15, -0.1) is 24.0 Å². The minimum Gasteiger partial charge on any atom is -0.377 e. The van der Waals surface area contributed by atoms with Crippen molar-refractivity contribution in [1.82, 2.24) is 15.4 Å². The Hall–Kier alpha value is -0.620. The van der Waals surface area contributed by atoms with Crippen LogP contribution in [-0.2, 0) is 21.3 Å². The van der Waals surface area contributed by atoms with E-state index in [4.69, 9.17) is 16.3 Å². The molecule has 1 heterocycles. The van der Waals surface area contributed by atoms with Gasteiger partial charge in [0.05, 0.1) is 11.9 Å². The zero-order valence-electron chi connectivity index (χ0n) is 15.4. The molecule has 2 rings (SSSR count). The van der Waals surface area contributed by atoms with E-state index in [9.17, 15) is 8.42 Å². The Labute approximate surface area is 183 Å². The van der Waals surface area contributed by atoms with E-state index in [-0.39, 0.29) is 42.4 Å². The molecule has 0 aliphatic carbocycles. The Morgan fingerprint density at radius 3 is 2.63 bits per heavy atom. The molecule has 0 spiro atoms. The van der Waals surface area contributed by atoms with Crippen LogP contribution in [-0.4, -0.2) is 53.0 Å². The minimum absolute atomic E-state index is 0.